The van der Waals surface area contributed by atoms with E-state index >= 15 is 0 Å². The Balaban J connectivity index is 2.42. The molecule has 1 aromatic rings. The molecular weight excluding hydrogens is 286 g/mol. The van der Waals surface area contributed by atoms with Crippen molar-refractivity contribution in [1.29, 1.82) is 0 Å². The molecule has 1 aromatic heterocycles. The van der Waals surface area contributed by atoms with Crippen LogP contribution in [0.1, 0.15) is 26.7 Å². The summed E-state index contributed by atoms with van der Waals surface area (Å²) in [7, 11) is 0. The van der Waals surface area contributed by atoms with Crippen LogP contribution < -0.4 is 10.6 Å². The maximum absolute atomic E-state index is 5.19. The van der Waals surface area contributed by atoms with Crippen molar-refractivity contribution in [3.05, 3.63) is 22.8 Å². The van der Waals surface area contributed by atoms with Gasteiger partial charge >= 0.3 is 0 Å². The van der Waals surface area contributed by atoms with Crippen molar-refractivity contribution >= 4 is 39.1 Å². The van der Waals surface area contributed by atoms with Crippen LogP contribution in [-0.4, -0.2) is 16.1 Å². The van der Waals surface area contributed by atoms with Gasteiger partial charge in [0.2, 0.25) is 0 Å². The summed E-state index contributed by atoms with van der Waals surface area (Å²) in [6, 6.07) is 4.19. The summed E-state index contributed by atoms with van der Waals surface area (Å²) in [4.78, 5) is 4.19. The second-order valence-electron chi connectivity index (χ2n) is 3.65. The summed E-state index contributed by atoms with van der Waals surface area (Å²) >= 11 is 8.52. The number of nitrogens with one attached hydrogen (secondary N) is 2. The highest BCUT2D eigenvalue weighted by atomic mass is 79.9. The summed E-state index contributed by atoms with van der Waals surface area (Å²) in [5.41, 5.74) is 0. The summed E-state index contributed by atoms with van der Waals surface area (Å²) in [5, 5.41) is 6.88. The van der Waals surface area contributed by atoms with Crippen LogP contribution in [0.5, 0.6) is 0 Å². The number of nitrogens with zero attached hydrogens (tertiary/aromatic N) is 1. The highest BCUT2D eigenvalue weighted by molar-refractivity contribution is 9.10. The van der Waals surface area contributed by atoms with Gasteiger partial charge in [-0.05, 0) is 53.6 Å². The molecule has 2 N–H and O–H groups in total. The fraction of sp³-hybridized carbons (Fsp3) is 0.455. The number of pyridine rings is 1. The first-order valence-electron chi connectivity index (χ1n) is 5.31. The fourth-order valence-electron chi connectivity index (χ4n) is 1.33. The summed E-state index contributed by atoms with van der Waals surface area (Å²) in [6.45, 7) is 4.28. The van der Waals surface area contributed by atoms with Gasteiger partial charge in [0, 0.05) is 16.7 Å². The highest BCUT2D eigenvalue weighted by Gasteiger charge is 2.03. The van der Waals surface area contributed by atoms with E-state index < -0.39 is 0 Å². The molecule has 0 spiro atoms. The summed E-state index contributed by atoms with van der Waals surface area (Å²) in [5.74, 6) is 0.754. The van der Waals surface area contributed by atoms with E-state index in [9.17, 15) is 0 Å². The van der Waals surface area contributed by atoms with E-state index in [0.29, 0.717) is 11.2 Å². The van der Waals surface area contributed by atoms with E-state index in [0.717, 1.165) is 23.1 Å². The number of anilines is 1. The fourth-order valence-corrected chi connectivity index (χ4v) is 1.87. The number of aromatic nitrogens is 1. The van der Waals surface area contributed by atoms with Crippen molar-refractivity contribution < 1.29 is 0 Å². The number of halogens is 1. The molecule has 1 rings (SSSR count). The Kier molecular flexibility index (Phi) is 5.69. The van der Waals surface area contributed by atoms with Crippen molar-refractivity contribution in [2.75, 3.05) is 5.32 Å². The average Bonchev–Trinajstić information content (AvgIpc) is 2.21. The van der Waals surface area contributed by atoms with Crippen LogP contribution in [0, 0.1) is 0 Å². The van der Waals surface area contributed by atoms with Crippen LogP contribution >= 0.6 is 28.1 Å². The molecule has 0 aromatic carbocycles. The van der Waals surface area contributed by atoms with Gasteiger partial charge < -0.3 is 10.6 Å². The smallest absolute Gasteiger partial charge is 0.172 e. The molecule has 5 heteroatoms. The molecule has 0 fully saturated rings. The number of thiocarbonyl (C=S) groups is 1. The maximum atomic E-state index is 5.19. The third kappa shape index (κ3) is 4.90. The largest absolute Gasteiger partial charge is 0.360 e. The zero-order valence-electron chi connectivity index (χ0n) is 9.46. The van der Waals surface area contributed by atoms with Crippen molar-refractivity contribution in [2.45, 2.75) is 32.7 Å². The van der Waals surface area contributed by atoms with E-state index in [1.54, 1.807) is 6.20 Å². The predicted molar refractivity (Wildman–Crippen MR) is 75.7 cm³/mol. The van der Waals surface area contributed by atoms with Gasteiger partial charge in [0.15, 0.2) is 5.11 Å². The minimum absolute atomic E-state index is 0.389. The molecule has 0 aliphatic carbocycles. The van der Waals surface area contributed by atoms with Gasteiger partial charge in [0.1, 0.15) is 5.82 Å². The molecule has 0 radical (unpaired) electrons. The van der Waals surface area contributed by atoms with Gasteiger partial charge in [0.05, 0.1) is 0 Å². The molecule has 88 valence electrons. The zero-order valence-corrected chi connectivity index (χ0v) is 11.9. The number of rotatable bonds is 4. The normalized spacial score (nSPS) is 11.9. The quantitative estimate of drug-likeness (QED) is 0.837. The van der Waals surface area contributed by atoms with E-state index in [4.69, 9.17) is 12.2 Å². The average molecular weight is 302 g/mol. The lowest BCUT2D eigenvalue weighted by Crippen LogP contribution is -2.35. The Morgan fingerprint density at radius 1 is 1.56 bits per heavy atom. The van der Waals surface area contributed by atoms with Gasteiger partial charge in [-0.25, -0.2) is 4.98 Å². The third-order valence-corrected chi connectivity index (χ3v) is 2.76. The molecule has 0 saturated carbocycles. The Hall–Kier alpha value is -0.680. The monoisotopic (exact) mass is 301 g/mol. The Labute approximate surface area is 110 Å². The molecule has 1 heterocycles. The number of hydrogen-bond donors (Lipinski definition) is 2. The molecule has 0 saturated heterocycles. The Morgan fingerprint density at radius 3 is 2.88 bits per heavy atom. The molecule has 0 aliphatic rings. The molecule has 3 nitrogen and oxygen atoms in total. The van der Waals surface area contributed by atoms with Crippen LogP contribution in [0.3, 0.4) is 0 Å². The molecule has 0 bridgehead atoms. The van der Waals surface area contributed by atoms with Crippen LogP contribution in [0.15, 0.2) is 22.8 Å². The standard InChI is InChI=1S/C11H16BrN3S/c1-3-4-8(2)14-11(16)15-10-6-5-9(12)7-13-10/h5-8H,3-4H2,1-2H3,(H2,13,14,15,16). The highest BCUT2D eigenvalue weighted by Crippen LogP contribution is 2.10. The molecule has 0 aliphatic heterocycles. The first-order valence-corrected chi connectivity index (χ1v) is 6.51. The topological polar surface area (TPSA) is 37.0 Å². The number of hydrogen-bond acceptors (Lipinski definition) is 2. The van der Waals surface area contributed by atoms with Crippen LogP contribution in [0.2, 0.25) is 0 Å². The van der Waals surface area contributed by atoms with Gasteiger partial charge in [-0.3, -0.25) is 0 Å². The van der Waals surface area contributed by atoms with E-state index in [2.05, 4.69) is 45.4 Å². The maximum Gasteiger partial charge on any atom is 0.172 e. The lowest BCUT2D eigenvalue weighted by atomic mass is 10.2. The lowest BCUT2D eigenvalue weighted by Gasteiger charge is -2.15. The zero-order chi connectivity index (χ0) is 12.0. The van der Waals surface area contributed by atoms with Gasteiger partial charge in [-0.15, -0.1) is 0 Å². The predicted octanol–water partition coefficient (Wildman–Crippen LogP) is 3.32. The third-order valence-electron chi connectivity index (χ3n) is 2.07. The minimum atomic E-state index is 0.389. The van der Waals surface area contributed by atoms with Crippen LogP contribution in [-0.2, 0) is 0 Å². The molecule has 0 amide bonds. The van der Waals surface area contributed by atoms with Gasteiger partial charge in [0.25, 0.3) is 0 Å². The van der Waals surface area contributed by atoms with Crippen molar-refractivity contribution in [2.24, 2.45) is 0 Å². The van der Waals surface area contributed by atoms with Crippen molar-refractivity contribution in [3.8, 4) is 0 Å². The van der Waals surface area contributed by atoms with Crippen LogP contribution in [0.25, 0.3) is 0 Å². The first-order chi connectivity index (χ1) is 7.61. The van der Waals surface area contributed by atoms with Crippen molar-refractivity contribution in [1.82, 2.24) is 10.3 Å². The lowest BCUT2D eigenvalue weighted by molar-refractivity contribution is 0.599. The Morgan fingerprint density at radius 2 is 2.31 bits per heavy atom. The van der Waals surface area contributed by atoms with E-state index in [-0.39, 0.29) is 0 Å². The van der Waals surface area contributed by atoms with Crippen molar-refractivity contribution in [3.63, 3.8) is 0 Å². The van der Waals surface area contributed by atoms with E-state index in [1.165, 1.54) is 0 Å². The molecule has 1 unspecified atom stereocenters. The molecule has 1 atom stereocenters. The second-order valence-corrected chi connectivity index (χ2v) is 4.97. The minimum Gasteiger partial charge on any atom is -0.360 e. The summed E-state index contributed by atoms with van der Waals surface area (Å²) in [6.07, 6.45) is 3.99. The Bertz CT molecular complexity index is 340. The first kappa shape index (κ1) is 13.4. The van der Waals surface area contributed by atoms with E-state index in [1.807, 2.05) is 12.1 Å². The van der Waals surface area contributed by atoms with Gasteiger partial charge in [-0.1, -0.05) is 13.3 Å². The molecule has 16 heavy (non-hydrogen) atoms. The summed E-state index contributed by atoms with van der Waals surface area (Å²) < 4.78 is 0.955. The van der Waals surface area contributed by atoms with Crippen LogP contribution in [0.4, 0.5) is 5.82 Å². The SMILES string of the molecule is CCCC(C)NC(=S)Nc1ccc(Br)cn1. The second kappa shape index (κ2) is 6.81. The molecular formula is C11H16BrN3S. The van der Waals surface area contributed by atoms with Gasteiger partial charge in [-0.2, -0.15) is 0 Å².